The first kappa shape index (κ1) is 19.1. The quantitative estimate of drug-likeness (QED) is 0.530. The number of sulfonamides is 1. The van der Waals surface area contributed by atoms with E-state index in [0.29, 0.717) is 5.56 Å². The number of aromatic amines is 1. The van der Waals surface area contributed by atoms with Crippen LogP contribution in [0.3, 0.4) is 0 Å². The van der Waals surface area contributed by atoms with Crippen LogP contribution in [0.15, 0.2) is 101 Å². The second-order valence-electron chi connectivity index (χ2n) is 6.78. The highest BCUT2D eigenvalue weighted by Gasteiger charge is 2.25. The van der Waals surface area contributed by atoms with Crippen LogP contribution in [0.5, 0.6) is 0 Å². The second-order valence-corrected chi connectivity index (χ2v) is 8.72. The number of hydrogen-bond donors (Lipinski definition) is 1. The lowest BCUT2D eigenvalue weighted by molar-refractivity contribution is 0.400. The largest absolute Gasteiger partial charge is 0.322 e. The van der Waals surface area contributed by atoms with Gasteiger partial charge >= 0.3 is 0 Å². The molecule has 0 unspecified atom stereocenters. The first-order chi connectivity index (χ1) is 14.0. The molecule has 0 aliphatic heterocycles. The van der Waals surface area contributed by atoms with Gasteiger partial charge in [0.15, 0.2) is 0 Å². The smallest absolute Gasteiger partial charge is 0.252 e. The Morgan fingerprint density at radius 1 is 0.759 bits per heavy atom. The summed E-state index contributed by atoms with van der Waals surface area (Å²) in [6.07, 6.45) is 0. The van der Waals surface area contributed by atoms with Crippen molar-refractivity contribution in [2.75, 3.05) is 0 Å². The number of nitrogens with one attached hydrogen (secondary N) is 1. The van der Waals surface area contributed by atoms with Crippen molar-refractivity contribution in [3.63, 3.8) is 0 Å². The standard InChI is InChI=1S/C23H20N2O3S/c26-23-20(15-19-11-7-8-14-22(19)24-23)17-25(16-18-9-3-1-4-10-18)29(27,28)21-12-5-2-6-13-21/h1-15H,16-17H2,(H,24,26). The Balaban J connectivity index is 1.77. The fourth-order valence-electron chi connectivity index (χ4n) is 3.25. The van der Waals surface area contributed by atoms with Gasteiger partial charge in [0.25, 0.3) is 5.56 Å². The summed E-state index contributed by atoms with van der Waals surface area (Å²) in [6.45, 7) is 0.149. The van der Waals surface area contributed by atoms with Crippen LogP contribution in [0.25, 0.3) is 10.9 Å². The van der Waals surface area contributed by atoms with E-state index in [1.165, 1.54) is 4.31 Å². The van der Waals surface area contributed by atoms with Gasteiger partial charge in [-0.2, -0.15) is 4.31 Å². The molecule has 0 spiro atoms. The summed E-state index contributed by atoms with van der Waals surface area (Å²) in [5.74, 6) is 0. The zero-order valence-electron chi connectivity index (χ0n) is 15.7. The van der Waals surface area contributed by atoms with Crippen molar-refractivity contribution < 1.29 is 8.42 Å². The minimum atomic E-state index is -3.79. The van der Waals surface area contributed by atoms with E-state index in [0.717, 1.165) is 16.5 Å². The Morgan fingerprint density at radius 3 is 2.10 bits per heavy atom. The molecular formula is C23H20N2O3S. The van der Waals surface area contributed by atoms with E-state index in [2.05, 4.69) is 4.98 Å². The molecule has 0 saturated carbocycles. The molecule has 0 aliphatic carbocycles. The van der Waals surface area contributed by atoms with Crippen LogP contribution in [-0.2, 0) is 23.1 Å². The van der Waals surface area contributed by atoms with Crippen LogP contribution >= 0.6 is 0 Å². The third-order valence-electron chi connectivity index (χ3n) is 4.76. The van der Waals surface area contributed by atoms with Crippen LogP contribution in [0.2, 0.25) is 0 Å². The third kappa shape index (κ3) is 4.13. The van der Waals surface area contributed by atoms with Crippen LogP contribution in [0, 0.1) is 0 Å². The normalized spacial score (nSPS) is 11.8. The molecule has 6 heteroatoms. The van der Waals surface area contributed by atoms with Crippen molar-refractivity contribution in [1.82, 2.24) is 9.29 Å². The molecule has 5 nitrogen and oxygen atoms in total. The van der Waals surface area contributed by atoms with Gasteiger partial charge in [0.1, 0.15) is 0 Å². The predicted octanol–water partition coefficient (Wildman–Crippen LogP) is 3.92. The van der Waals surface area contributed by atoms with E-state index in [1.54, 1.807) is 36.4 Å². The van der Waals surface area contributed by atoms with Gasteiger partial charge in [-0.15, -0.1) is 0 Å². The van der Waals surface area contributed by atoms with Crippen molar-refractivity contribution in [3.8, 4) is 0 Å². The first-order valence-corrected chi connectivity index (χ1v) is 10.7. The minimum absolute atomic E-state index is 0.0215. The molecule has 29 heavy (non-hydrogen) atoms. The SMILES string of the molecule is O=c1[nH]c2ccccc2cc1CN(Cc1ccccc1)S(=O)(=O)c1ccccc1. The molecule has 1 aromatic heterocycles. The molecule has 4 aromatic rings. The monoisotopic (exact) mass is 404 g/mol. The molecule has 1 N–H and O–H groups in total. The van der Waals surface area contributed by atoms with Gasteiger partial charge < -0.3 is 4.98 Å². The van der Waals surface area contributed by atoms with Crippen LogP contribution in [-0.4, -0.2) is 17.7 Å². The lowest BCUT2D eigenvalue weighted by Gasteiger charge is -2.22. The second kappa shape index (κ2) is 8.03. The molecule has 146 valence electrons. The Morgan fingerprint density at radius 2 is 1.38 bits per heavy atom. The van der Waals surface area contributed by atoms with E-state index < -0.39 is 10.0 Å². The Labute approximate surface area is 169 Å². The maximum Gasteiger partial charge on any atom is 0.252 e. The summed E-state index contributed by atoms with van der Waals surface area (Å²) in [5.41, 5.74) is 1.69. The van der Waals surface area contributed by atoms with Crippen molar-refractivity contribution >= 4 is 20.9 Å². The van der Waals surface area contributed by atoms with Gasteiger partial charge in [0.2, 0.25) is 10.0 Å². The summed E-state index contributed by atoms with van der Waals surface area (Å²) in [7, 11) is -3.79. The van der Waals surface area contributed by atoms with E-state index in [9.17, 15) is 13.2 Å². The zero-order valence-corrected chi connectivity index (χ0v) is 16.5. The summed E-state index contributed by atoms with van der Waals surface area (Å²) in [6, 6.07) is 26.8. The molecule has 3 aromatic carbocycles. The summed E-state index contributed by atoms with van der Waals surface area (Å²) < 4.78 is 28.0. The Kier molecular flexibility index (Phi) is 5.29. The maximum atomic E-state index is 13.3. The van der Waals surface area contributed by atoms with Gasteiger partial charge in [0.05, 0.1) is 4.90 Å². The zero-order chi connectivity index (χ0) is 20.3. The lowest BCUT2D eigenvalue weighted by atomic mass is 10.1. The highest BCUT2D eigenvalue weighted by molar-refractivity contribution is 7.89. The van der Waals surface area contributed by atoms with Crippen molar-refractivity contribution in [2.24, 2.45) is 0 Å². The molecule has 0 fully saturated rings. The van der Waals surface area contributed by atoms with E-state index in [4.69, 9.17) is 0 Å². The van der Waals surface area contributed by atoms with Crippen molar-refractivity contribution in [3.05, 3.63) is 112 Å². The van der Waals surface area contributed by atoms with Gasteiger partial charge in [-0.3, -0.25) is 4.79 Å². The molecule has 4 rings (SSSR count). The fraction of sp³-hybridized carbons (Fsp3) is 0.0870. The summed E-state index contributed by atoms with van der Waals surface area (Å²) in [5, 5.41) is 0.860. The average Bonchev–Trinajstić information content (AvgIpc) is 2.75. The number of fused-ring (bicyclic) bond motifs is 1. The highest BCUT2D eigenvalue weighted by atomic mass is 32.2. The topological polar surface area (TPSA) is 70.2 Å². The number of H-pyrrole nitrogens is 1. The number of aromatic nitrogens is 1. The minimum Gasteiger partial charge on any atom is -0.322 e. The number of benzene rings is 3. The summed E-state index contributed by atoms with van der Waals surface area (Å²) >= 11 is 0. The molecular weight excluding hydrogens is 384 g/mol. The maximum absolute atomic E-state index is 13.3. The van der Waals surface area contributed by atoms with Crippen molar-refractivity contribution in [2.45, 2.75) is 18.0 Å². The van der Waals surface area contributed by atoms with Crippen molar-refractivity contribution in [1.29, 1.82) is 0 Å². The van der Waals surface area contributed by atoms with E-state index in [1.807, 2.05) is 54.6 Å². The van der Waals surface area contributed by atoms with Gasteiger partial charge in [-0.1, -0.05) is 66.7 Å². The summed E-state index contributed by atoms with van der Waals surface area (Å²) in [4.78, 5) is 15.7. The molecule has 0 bridgehead atoms. The Hall–Kier alpha value is -3.22. The number of nitrogens with zero attached hydrogens (tertiary/aromatic N) is 1. The molecule has 0 saturated heterocycles. The lowest BCUT2D eigenvalue weighted by Crippen LogP contribution is -2.32. The fourth-order valence-corrected chi connectivity index (χ4v) is 4.68. The molecule has 0 atom stereocenters. The third-order valence-corrected chi connectivity index (χ3v) is 6.57. The first-order valence-electron chi connectivity index (χ1n) is 9.24. The van der Waals surface area contributed by atoms with Crippen LogP contribution in [0.1, 0.15) is 11.1 Å². The number of rotatable bonds is 6. The van der Waals surface area contributed by atoms with E-state index in [-0.39, 0.29) is 23.5 Å². The van der Waals surface area contributed by atoms with Crippen LogP contribution < -0.4 is 5.56 Å². The average molecular weight is 404 g/mol. The number of para-hydroxylation sites is 1. The molecule has 1 heterocycles. The Bertz CT molecular complexity index is 1280. The predicted molar refractivity (Wildman–Crippen MR) is 114 cm³/mol. The highest BCUT2D eigenvalue weighted by Crippen LogP contribution is 2.21. The number of hydrogen-bond acceptors (Lipinski definition) is 3. The molecule has 0 amide bonds. The van der Waals surface area contributed by atoms with Crippen LogP contribution in [0.4, 0.5) is 0 Å². The van der Waals surface area contributed by atoms with E-state index >= 15 is 0 Å². The number of pyridine rings is 1. The van der Waals surface area contributed by atoms with Gasteiger partial charge in [-0.25, -0.2) is 8.42 Å². The van der Waals surface area contributed by atoms with Gasteiger partial charge in [0, 0.05) is 24.2 Å². The van der Waals surface area contributed by atoms with Gasteiger partial charge in [-0.05, 0) is 35.2 Å². The molecule has 0 aliphatic rings. The molecule has 0 radical (unpaired) electrons.